The molecule has 0 bridgehead atoms. The summed E-state index contributed by atoms with van der Waals surface area (Å²) in [5, 5.41) is 6.05. The number of nitrogens with one attached hydrogen (secondary N) is 2. The lowest BCUT2D eigenvalue weighted by atomic mass is 9.72. The highest BCUT2D eigenvalue weighted by Gasteiger charge is 2.46. The molecule has 0 fully saturated rings. The molecule has 1 aromatic rings. The molecule has 0 radical (unpaired) electrons. The quantitative estimate of drug-likeness (QED) is 0.745. The second-order valence-electron chi connectivity index (χ2n) is 7.51. The lowest BCUT2D eigenvalue weighted by Gasteiger charge is -2.37. The summed E-state index contributed by atoms with van der Waals surface area (Å²) >= 11 is 0. The van der Waals surface area contributed by atoms with Crippen molar-refractivity contribution in [1.29, 1.82) is 0 Å². The van der Waals surface area contributed by atoms with Crippen LogP contribution in [0.3, 0.4) is 0 Å². The Balaban J connectivity index is 1.74. The van der Waals surface area contributed by atoms with E-state index in [0.717, 1.165) is 5.57 Å². The standard InChI is InChI=1S/C24H18N2O4/c1-2-17(27)26-21-15-11-12-7-3-6-10-16(12)25-20(15)18-19(24(21)30)23(29)14-9-5-4-8-13(14)22(18)28/h3-11,16,21,25H,2H2,1H3,(H,26,27). The summed E-state index contributed by atoms with van der Waals surface area (Å²) in [6.07, 6.45) is 9.66. The minimum Gasteiger partial charge on any atom is -0.374 e. The number of dihydropyridines is 1. The Hall–Kier alpha value is -3.80. The van der Waals surface area contributed by atoms with Gasteiger partial charge in [0.15, 0.2) is 17.3 Å². The number of benzene rings is 1. The third-order valence-electron chi connectivity index (χ3n) is 5.79. The van der Waals surface area contributed by atoms with E-state index in [1.165, 1.54) is 0 Å². The van der Waals surface area contributed by atoms with Gasteiger partial charge in [0.2, 0.25) is 5.91 Å². The Labute approximate surface area is 172 Å². The van der Waals surface area contributed by atoms with Crippen LogP contribution in [0.25, 0.3) is 0 Å². The summed E-state index contributed by atoms with van der Waals surface area (Å²) < 4.78 is 0. The maximum Gasteiger partial charge on any atom is 0.220 e. The largest absolute Gasteiger partial charge is 0.374 e. The normalized spacial score (nSPS) is 23.9. The number of ketones is 3. The first kappa shape index (κ1) is 18.2. The zero-order valence-electron chi connectivity index (χ0n) is 16.2. The van der Waals surface area contributed by atoms with Crippen molar-refractivity contribution < 1.29 is 19.2 Å². The number of hydrogen-bond acceptors (Lipinski definition) is 5. The monoisotopic (exact) mass is 398 g/mol. The Morgan fingerprint density at radius 2 is 1.73 bits per heavy atom. The average Bonchev–Trinajstić information content (AvgIpc) is 2.77. The first-order chi connectivity index (χ1) is 14.5. The van der Waals surface area contributed by atoms with Crippen LogP contribution >= 0.6 is 0 Å². The fourth-order valence-corrected chi connectivity index (χ4v) is 4.30. The Bertz CT molecular complexity index is 1210. The number of hydrogen-bond donors (Lipinski definition) is 2. The fraction of sp³-hybridized carbons (Fsp3) is 0.167. The molecule has 6 heteroatoms. The van der Waals surface area contributed by atoms with E-state index in [1.807, 2.05) is 30.4 Å². The van der Waals surface area contributed by atoms with Gasteiger partial charge < -0.3 is 10.6 Å². The van der Waals surface area contributed by atoms with Crippen molar-refractivity contribution in [3.05, 3.63) is 93.8 Å². The minimum atomic E-state index is -1.02. The molecule has 30 heavy (non-hydrogen) atoms. The molecular weight excluding hydrogens is 380 g/mol. The van der Waals surface area contributed by atoms with E-state index < -0.39 is 17.6 Å². The number of Topliss-reactive ketones (excluding diaryl/α,β-unsaturated/α-hetero) is 3. The minimum absolute atomic E-state index is 0.0963. The maximum absolute atomic E-state index is 13.4. The summed E-state index contributed by atoms with van der Waals surface area (Å²) in [7, 11) is 0. The molecule has 0 saturated heterocycles. The van der Waals surface area contributed by atoms with Crippen LogP contribution in [-0.2, 0) is 9.59 Å². The molecule has 4 aliphatic rings. The predicted molar refractivity (Wildman–Crippen MR) is 110 cm³/mol. The van der Waals surface area contributed by atoms with Crippen molar-refractivity contribution in [3.63, 3.8) is 0 Å². The zero-order valence-corrected chi connectivity index (χ0v) is 16.2. The molecule has 1 aliphatic heterocycles. The second-order valence-corrected chi connectivity index (χ2v) is 7.51. The SMILES string of the molecule is CCC(=O)NC1C(=O)C2=C(C(=O)c3ccccc3C2=O)C2=C1C=C1C=CC=CC1N2. The average molecular weight is 398 g/mol. The van der Waals surface area contributed by atoms with Crippen LogP contribution < -0.4 is 10.6 Å². The molecule has 2 atom stereocenters. The van der Waals surface area contributed by atoms with Gasteiger partial charge in [-0.2, -0.15) is 0 Å². The third-order valence-corrected chi connectivity index (χ3v) is 5.79. The van der Waals surface area contributed by atoms with E-state index in [4.69, 9.17) is 0 Å². The number of carbonyl (C=O) groups is 4. The van der Waals surface area contributed by atoms with Gasteiger partial charge in [-0.3, -0.25) is 19.2 Å². The molecule has 0 aromatic heterocycles. The van der Waals surface area contributed by atoms with Gasteiger partial charge in [-0.25, -0.2) is 0 Å². The van der Waals surface area contributed by atoms with Crippen molar-refractivity contribution in [2.24, 2.45) is 0 Å². The molecule has 2 N–H and O–H groups in total. The number of amides is 1. The fourth-order valence-electron chi connectivity index (χ4n) is 4.30. The van der Waals surface area contributed by atoms with Gasteiger partial charge in [0.05, 0.1) is 22.9 Å². The summed E-state index contributed by atoms with van der Waals surface area (Å²) in [4.78, 5) is 52.2. The van der Waals surface area contributed by atoms with Crippen molar-refractivity contribution in [1.82, 2.24) is 10.6 Å². The summed E-state index contributed by atoms with van der Waals surface area (Å²) in [5.41, 5.74) is 2.30. The highest BCUT2D eigenvalue weighted by Crippen LogP contribution is 2.39. The third kappa shape index (κ3) is 2.50. The Morgan fingerprint density at radius 1 is 1.03 bits per heavy atom. The molecule has 1 aromatic carbocycles. The van der Waals surface area contributed by atoms with Gasteiger partial charge in [0.25, 0.3) is 0 Å². The van der Waals surface area contributed by atoms with Crippen molar-refractivity contribution in [2.45, 2.75) is 25.4 Å². The van der Waals surface area contributed by atoms with Crippen molar-refractivity contribution in [3.8, 4) is 0 Å². The van der Waals surface area contributed by atoms with Gasteiger partial charge in [-0.15, -0.1) is 0 Å². The van der Waals surface area contributed by atoms with Crippen LogP contribution in [0.2, 0.25) is 0 Å². The van der Waals surface area contributed by atoms with E-state index in [2.05, 4.69) is 10.6 Å². The van der Waals surface area contributed by atoms with Gasteiger partial charge in [-0.05, 0) is 11.6 Å². The van der Waals surface area contributed by atoms with Gasteiger partial charge in [0, 0.05) is 23.1 Å². The highest BCUT2D eigenvalue weighted by atomic mass is 16.2. The second kappa shape index (κ2) is 6.62. The highest BCUT2D eigenvalue weighted by molar-refractivity contribution is 6.39. The summed E-state index contributed by atoms with van der Waals surface area (Å²) in [6.45, 7) is 1.69. The number of rotatable bonds is 2. The molecule has 5 rings (SSSR count). The molecule has 1 amide bonds. The number of carbonyl (C=O) groups excluding carboxylic acids is 4. The number of fused-ring (bicyclic) bond motifs is 3. The van der Waals surface area contributed by atoms with E-state index in [-0.39, 0.29) is 46.4 Å². The van der Waals surface area contributed by atoms with Crippen molar-refractivity contribution in [2.75, 3.05) is 0 Å². The van der Waals surface area contributed by atoms with E-state index in [1.54, 1.807) is 31.2 Å². The molecule has 6 nitrogen and oxygen atoms in total. The Kier molecular flexibility index (Phi) is 4.03. The summed E-state index contributed by atoms with van der Waals surface area (Å²) in [5.74, 6) is -1.70. The van der Waals surface area contributed by atoms with Gasteiger partial charge >= 0.3 is 0 Å². The molecule has 0 spiro atoms. The Morgan fingerprint density at radius 3 is 2.43 bits per heavy atom. The van der Waals surface area contributed by atoms with Gasteiger partial charge in [-0.1, -0.05) is 55.5 Å². The molecule has 148 valence electrons. The maximum atomic E-state index is 13.4. The topological polar surface area (TPSA) is 92.3 Å². The van der Waals surface area contributed by atoms with E-state index in [0.29, 0.717) is 11.3 Å². The molecule has 2 unspecified atom stereocenters. The lowest BCUT2D eigenvalue weighted by Crippen LogP contribution is -2.51. The van der Waals surface area contributed by atoms with Gasteiger partial charge in [0.1, 0.15) is 6.04 Å². The van der Waals surface area contributed by atoms with Crippen molar-refractivity contribution >= 4 is 23.3 Å². The molecule has 3 aliphatic carbocycles. The lowest BCUT2D eigenvalue weighted by molar-refractivity contribution is -0.125. The van der Waals surface area contributed by atoms with E-state index in [9.17, 15) is 19.2 Å². The van der Waals surface area contributed by atoms with Crippen LogP contribution in [0.5, 0.6) is 0 Å². The van der Waals surface area contributed by atoms with E-state index >= 15 is 0 Å². The molecule has 1 heterocycles. The predicted octanol–water partition coefficient (Wildman–Crippen LogP) is 2.12. The van der Waals surface area contributed by atoms with Crippen LogP contribution in [0, 0.1) is 0 Å². The summed E-state index contributed by atoms with van der Waals surface area (Å²) in [6, 6.07) is 5.31. The zero-order chi connectivity index (χ0) is 21.0. The molecule has 0 saturated carbocycles. The van der Waals surface area contributed by atoms with Crippen LogP contribution in [0.4, 0.5) is 0 Å². The van der Waals surface area contributed by atoms with Crippen LogP contribution in [0.1, 0.15) is 34.1 Å². The van der Waals surface area contributed by atoms with Crippen LogP contribution in [0.15, 0.2) is 82.6 Å². The first-order valence-electron chi connectivity index (χ1n) is 9.85. The number of allylic oxidation sites excluding steroid dienone is 3. The van der Waals surface area contributed by atoms with Crippen LogP contribution in [-0.4, -0.2) is 35.3 Å². The smallest absolute Gasteiger partial charge is 0.220 e. The first-order valence-corrected chi connectivity index (χ1v) is 9.85. The molecular formula is C24H18N2O4.